The summed E-state index contributed by atoms with van der Waals surface area (Å²) in [6, 6.07) is 9.32. The van der Waals surface area contributed by atoms with E-state index in [1.807, 2.05) is 24.3 Å². The van der Waals surface area contributed by atoms with Crippen LogP contribution >= 0.6 is 15.9 Å². The van der Waals surface area contributed by atoms with Crippen molar-refractivity contribution < 1.29 is 14.7 Å². The van der Waals surface area contributed by atoms with Crippen LogP contribution in [0.25, 0.3) is 0 Å². The van der Waals surface area contributed by atoms with Gasteiger partial charge in [-0.3, -0.25) is 4.79 Å². The highest BCUT2D eigenvalue weighted by Gasteiger charge is 2.26. The third-order valence-electron chi connectivity index (χ3n) is 3.76. The van der Waals surface area contributed by atoms with E-state index in [0.29, 0.717) is 18.7 Å². The molecule has 0 radical (unpaired) electrons. The maximum absolute atomic E-state index is 12.2. The molecule has 0 saturated carbocycles. The molecule has 4 nitrogen and oxygen atoms in total. The number of aromatic nitrogens is 1. The second-order valence-corrected chi connectivity index (χ2v) is 6.11. The molecule has 0 bridgehead atoms. The molecule has 0 fully saturated rings. The van der Waals surface area contributed by atoms with E-state index in [4.69, 9.17) is 0 Å². The zero-order valence-electron chi connectivity index (χ0n) is 11.3. The van der Waals surface area contributed by atoms with Crippen LogP contribution in [0.5, 0.6) is 0 Å². The van der Waals surface area contributed by atoms with Crippen molar-refractivity contribution in [3.8, 4) is 0 Å². The Hall–Kier alpha value is -1.88. The standard InChI is InChI=1S/C16H14BrNO3/c17-12-6-4-10(5-7-12)9-18-13(16(20)21)8-11-2-1-3-14(19)15(11)18/h4-8H,1-3,9H2,(H,20,21). The second kappa shape index (κ2) is 5.48. The van der Waals surface area contributed by atoms with Gasteiger partial charge >= 0.3 is 5.97 Å². The normalized spacial score (nSPS) is 14.0. The molecule has 1 aliphatic carbocycles. The number of carbonyl (C=O) groups excluding carboxylic acids is 1. The summed E-state index contributed by atoms with van der Waals surface area (Å²) >= 11 is 3.38. The number of carboxylic acids is 1. The van der Waals surface area contributed by atoms with E-state index in [1.165, 1.54) is 0 Å². The van der Waals surface area contributed by atoms with Crippen molar-refractivity contribution in [2.45, 2.75) is 25.8 Å². The summed E-state index contributed by atoms with van der Waals surface area (Å²) in [6.45, 7) is 0.399. The first-order valence-electron chi connectivity index (χ1n) is 6.79. The lowest BCUT2D eigenvalue weighted by molar-refractivity contribution is 0.0685. The van der Waals surface area contributed by atoms with Crippen molar-refractivity contribution in [3.63, 3.8) is 0 Å². The number of benzene rings is 1. The van der Waals surface area contributed by atoms with E-state index in [0.717, 1.165) is 28.4 Å². The van der Waals surface area contributed by atoms with E-state index >= 15 is 0 Å². The molecule has 0 amide bonds. The van der Waals surface area contributed by atoms with Crippen molar-refractivity contribution in [2.24, 2.45) is 0 Å². The lowest BCUT2D eigenvalue weighted by atomic mass is 9.97. The van der Waals surface area contributed by atoms with Crippen LogP contribution in [0.15, 0.2) is 34.8 Å². The molecule has 1 heterocycles. The minimum atomic E-state index is -0.991. The second-order valence-electron chi connectivity index (χ2n) is 5.20. The van der Waals surface area contributed by atoms with Crippen LogP contribution in [0, 0.1) is 0 Å². The van der Waals surface area contributed by atoms with Crippen molar-refractivity contribution in [2.75, 3.05) is 0 Å². The van der Waals surface area contributed by atoms with Crippen molar-refractivity contribution >= 4 is 27.7 Å². The fraction of sp³-hybridized carbons (Fsp3) is 0.250. The molecule has 1 aromatic heterocycles. The molecule has 5 heteroatoms. The van der Waals surface area contributed by atoms with Gasteiger partial charge in [0.2, 0.25) is 0 Å². The molecule has 0 aliphatic heterocycles. The van der Waals surface area contributed by atoms with Crippen LogP contribution in [0.2, 0.25) is 0 Å². The zero-order chi connectivity index (χ0) is 15.0. The number of nitrogens with zero attached hydrogens (tertiary/aromatic N) is 1. The Kier molecular flexibility index (Phi) is 3.68. The lowest BCUT2D eigenvalue weighted by Crippen LogP contribution is -2.18. The summed E-state index contributed by atoms with van der Waals surface area (Å²) in [6.07, 6.45) is 2.07. The van der Waals surface area contributed by atoms with Gasteiger partial charge in [0.15, 0.2) is 5.78 Å². The summed E-state index contributed by atoms with van der Waals surface area (Å²) in [5, 5.41) is 9.38. The average molecular weight is 348 g/mol. The molecule has 1 aliphatic rings. The van der Waals surface area contributed by atoms with Crippen LogP contribution in [-0.4, -0.2) is 21.4 Å². The molecule has 108 valence electrons. The van der Waals surface area contributed by atoms with E-state index in [-0.39, 0.29) is 11.5 Å². The van der Waals surface area contributed by atoms with Gasteiger partial charge in [-0.2, -0.15) is 0 Å². The number of ketones is 1. The number of rotatable bonds is 3. The first-order chi connectivity index (χ1) is 10.1. The number of hydrogen-bond donors (Lipinski definition) is 1. The number of halogens is 1. The van der Waals surface area contributed by atoms with Gasteiger partial charge in [-0.05, 0) is 42.2 Å². The molecule has 21 heavy (non-hydrogen) atoms. The number of fused-ring (bicyclic) bond motifs is 1. The third-order valence-corrected chi connectivity index (χ3v) is 4.29. The van der Waals surface area contributed by atoms with Crippen LogP contribution < -0.4 is 0 Å². The monoisotopic (exact) mass is 347 g/mol. The van der Waals surface area contributed by atoms with Gasteiger partial charge in [0, 0.05) is 17.4 Å². The van der Waals surface area contributed by atoms with Crippen molar-refractivity contribution in [1.82, 2.24) is 4.57 Å². The van der Waals surface area contributed by atoms with Crippen molar-refractivity contribution in [3.05, 3.63) is 57.3 Å². The Morgan fingerprint density at radius 3 is 2.62 bits per heavy atom. The number of Topliss-reactive ketones (excluding diaryl/α,β-unsaturated/α-hetero) is 1. The smallest absolute Gasteiger partial charge is 0.352 e. The summed E-state index contributed by atoms with van der Waals surface area (Å²) < 4.78 is 2.61. The van der Waals surface area contributed by atoms with Gasteiger partial charge < -0.3 is 9.67 Å². The van der Waals surface area contributed by atoms with Gasteiger partial charge in [0.05, 0.1) is 5.69 Å². The quantitative estimate of drug-likeness (QED) is 0.923. The molecular formula is C16H14BrNO3. The van der Waals surface area contributed by atoms with Gasteiger partial charge in [0.1, 0.15) is 5.69 Å². The Morgan fingerprint density at radius 2 is 1.95 bits per heavy atom. The molecule has 0 saturated heterocycles. The van der Waals surface area contributed by atoms with Crippen LogP contribution in [-0.2, 0) is 13.0 Å². The molecule has 3 rings (SSSR count). The van der Waals surface area contributed by atoms with Gasteiger partial charge in [-0.25, -0.2) is 4.79 Å². The van der Waals surface area contributed by atoms with Crippen LogP contribution in [0.3, 0.4) is 0 Å². The number of carboxylic acid groups (broad SMARTS) is 1. The SMILES string of the molecule is O=C(O)c1cc2c(n1Cc1ccc(Br)cc1)C(=O)CCC2. The Balaban J connectivity index is 2.07. The van der Waals surface area contributed by atoms with E-state index in [1.54, 1.807) is 10.6 Å². The summed E-state index contributed by atoms with van der Waals surface area (Å²) in [5.74, 6) is -0.949. The number of carbonyl (C=O) groups is 2. The van der Waals surface area contributed by atoms with E-state index < -0.39 is 5.97 Å². The highest BCUT2D eigenvalue weighted by atomic mass is 79.9. The maximum Gasteiger partial charge on any atom is 0.352 e. The number of aromatic carboxylic acids is 1. The zero-order valence-corrected chi connectivity index (χ0v) is 12.9. The predicted molar refractivity (Wildman–Crippen MR) is 81.9 cm³/mol. The molecule has 0 atom stereocenters. The first kappa shape index (κ1) is 14.1. The number of aryl methyl sites for hydroxylation is 1. The Bertz CT molecular complexity index is 716. The van der Waals surface area contributed by atoms with E-state index in [9.17, 15) is 14.7 Å². The number of hydrogen-bond acceptors (Lipinski definition) is 2. The molecule has 2 aromatic rings. The Morgan fingerprint density at radius 1 is 1.24 bits per heavy atom. The minimum Gasteiger partial charge on any atom is -0.477 e. The third kappa shape index (κ3) is 2.65. The minimum absolute atomic E-state index is 0.0425. The summed E-state index contributed by atoms with van der Waals surface area (Å²) in [4.78, 5) is 23.6. The molecule has 0 unspecified atom stereocenters. The summed E-state index contributed by atoms with van der Waals surface area (Å²) in [7, 11) is 0. The van der Waals surface area contributed by atoms with E-state index in [2.05, 4.69) is 15.9 Å². The van der Waals surface area contributed by atoms with Crippen LogP contribution in [0.4, 0.5) is 0 Å². The lowest BCUT2D eigenvalue weighted by Gasteiger charge is -2.15. The van der Waals surface area contributed by atoms with Gasteiger partial charge in [-0.1, -0.05) is 28.1 Å². The fourth-order valence-electron chi connectivity index (χ4n) is 2.80. The predicted octanol–water partition coefficient (Wildman–Crippen LogP) is 3.52. The fourth-order valence-corrected chi connectivity index (χ4v) is 3.06. The highest BCUT2D eigenvalue weighted by Crippen LogP contribution is 2.26. The highest BCUT2D eigenvalue weighted by molar-refractivity contribution is 9.10. The Labute approximate surface area is 130 Å². The van der Waals surface area contributed by atoms with Crippen molar-refractivity contribution in [1.29, 1.82) is 0 Å². The largest absolute Gasteiger partial charge is 0.477 e. The average Bonchev–Trinajstić information content (AvgIpc) is 2.82. The van der Waals surface area contributed by atoms with Crippen LogP contribution in [0.1, 0.15) is 44.9 Å². The molecule has 1 N–H and O–H groups in total. The maximum atomic E-state index is 12.2. The molecular weight excluding hydrogens is 334 g/mol. The summed E-state index contributed by atoms with van der Waals surface area (Å²) in [5.41, 5.74) is 2.60. The van der Waals surface area contributed by atoms with Gasteiger partial charge in [-0.15, -0.1) is 0 Å². The first-order valence-corrected chi connectivity index (χ1v) is 7.59. The molecule has 0 spiro atoms. The topological polar surface area (TPSA) is 59.3 Å². The van der Waals surface area contributed by atoms with Gasteiger partial charge in [0.25, 0.3) is 0 Å². The molecule has 1 aromatic carbocycles.